The molecule has 1 aromatic carbocycles. The lowest BCUT2D eigenvalue weighted by Crippen LogP contribution is -2.27. The number of hydrogen-bond donors (Lipinski definition) is 1. The molecule has 1 heterocycles. The van der Waals surface area contributed by atoms with E-state index in [2.05, 4.69) is 26.0 Å². The number of rotatable bonds is 4. The van der Waals surface area contributed by atoms with Crippen molar-refractivity contribution < 1.29 is 9.90 Å². The maximum atomic E-state index is 12.0. The van der Waals surface area contributed by atoms with Crippen molar-refractivity contribution in [1.29, 1.82) is 0 Å². The highest BCUT2D eigenvalue weighted by atomic mass is 16.3. The van der Waals surface area contributed by atoms with Crippen LogP contribution in [0.4, 0.5) is 0 Å². The molecule has 1 fully saturated rings. The Hall–Kier alpha value is -1.61. The molecule has 20 heavy (non-hydrogen) atoms. The number of hydrogen-bond acceptors (Lipinski definition) is 2. The van der Waals surface area contributed by atoms with E-state index in [1.807, 2.05) is 18.2 Å². The highest BCUT2D eigenvalue weighted by molar-refractivity contribution is 5.91. The Morgan fingerprint density at radius 2 is 2.10 bits per heavy atom. The standard InChI is InChI=1S/C17H23NO2/c1-13(2)16-6-3-14(4-7-16)5-8-17(20)18-10-9-15(11-18)12-19/h3-8,13,15,19H,9-12H2,1-2H3. The van der Waals surface area contributed by atoms with Crippen molar-refractivity contribution >= 4 is 12.0 Å². The molecule has 0 aromatic heterocycles. The molecule has 1 saturated heterocycles. The first kappa shape index (κ1) is 14.8. The van der Waals surface area contributed by atoms with Gasteiger partial charge < -0.3 is 10.0 Å². The first-order chi connectivity index (χ1) is 9.60. The molecule has 0 aliphatic carbocycles. The largest absolute Gasteiger partial charge is 0.396 e. The second kappa shape index (κ2) is 6.71. The van der Waals surface area contributed by atoms with Crippen molar-refractivity contribution in [3.05, 3.63) is 41.5 Å². The van der Waals surface area contributed by atoms with E-state index in [0.717, 1.165) is 18.5 Å². The number of likely N-dealkylation sites (tertiary alicyclic amines) is 1. The zero-order valence-corrected chi connectivity index (χ0v) is 12.2. The van der Waals surface area contributed by atoms with Gasteiger partial charge in [-0.15, -0.1) is 0 Å². The van der Waals surface area contributed by atoms with Crippen molar-refractivity contribution in [2.45, 2.75) is 26.2 Å². The molecule has 1 N–H and O–H groups in total. The molecule has 0 saturated carbocycles. The third kappa shape index (κ3) is 3.70. The summed E-state index contributed by atoms with van der Waals surface area (Å²) in [7, 11) is 0. The van der Waals surface area contributed by atoms with Crippen LogP contribution >= 0.6 is 0 Å². The van der Waals surface area contributed by atoms with Gasteiger partial charge >= 0.3 is 0 Å². The molecule has 1 amide bonds. The minimum absolute atomic E-state index is 0.0360. The molecular weight excluding hydrogens is 250 g/mol. The summed E-state index contributed by atoms with van der Waals surface area (Å²) in [5.74, 6) is 0.807. The minimum atomic E-state index is 0.0360. The van der Waals surface area contributed by atoms with Crippen LogP contribution < -0.4 is 0 Å². The van der Waals surface area contributed by atoms with Crippen molar-refractivity contribution in [3.8, 4) is 0 Å². The summed E-state index contributed by atoms with van der Waals surface area (Å²) in [6, 6.07) is 8.29. The van der Waals surface area contributed by atoms with Gasteiger partial charge in [-0.2, -0.15) is 0 Å². The summed E-state index contributed by atoms with van der Waals surface area (Å²) in [6.45, 7) is 5.93. The number of amides is 1. The topological polar surface area (TPSA) is 40.5 Å². The van der Waals surface area contributed by atoms with Gasteiger partial charge in [0.15, 0.2) is 0 Å². The number of benzene rings is 1. The first-order valence-electron chi connectivity index (χ1n) is 7.28. The lowest BCUT2D eigenvalue weighted by molar-refractivity contribution is -0.125. The van der Waals surface area contributed by atoms with Crippen LogP contribution in [0.25, 0.3) is 6.08 Å². The lowest BCUT2D eigenvalue weighted by atomic mass is 10.0. The van der Waals surface area contributed by atoms with E-state index in [1.165, 1.54) is 5.56 Å². The van der Waals surface area contributed by atoms with E-state index in [-0.39, 0.29) is 18.4 Å². The van der Waals surface area contributed by atoms with Gasteiger partial charge in [-0.05, 0) is 29.5 Å². The predicted molar refractivity (Wildman–Crippen MR) is 81.3 cm³/mol. The Labute approximate surface area is 120 Å². The zero-order valence-electron chi connectivity index (χ0n) is 12.2. The Kier molecular flexibility index (Phi) is 4.96. The summed E-state index contributed by atoms with van der Waals surface area (Å²) in [5.41, 5.74) is 2.35. The van der Waals surface area contributed by atoms with Gasteiger partial charge in [0.2, 0.25) is 5.91 Å². The highest BCUT2D eigenvalue weighted by Gasteiger charge is 2.23. The van der Waals surface area contributed by atoms with E-state index < -0.39 is 0 Å². The fourth-order valence-electron chi connectivity index (χ4n) is 2.45. The maximum absolute atomic E-state index is 12.0. The second-order valence-corrected chi connectivity index (χ2v) is 5.78. The van der Waals surface area contributed by atoms with Crippen molar-refractivity contribution in [2.24, 2.45) is 5.92 Å². The van der Waals surface area contributed by atoms with E-state index in [1.54, 1.807) is 11.0 Å². The second-order valence-electron chi connectivity index (χ2n) is 5.78. The third-order valence-corrected chi connectivity index (χ3v) is 3.88. The Bertz CT molecular complexity index is 476. The number of aliphatic hydroxyl groups excluding tert-OH is 1. The Morgan fingerprint density at radius 3 is 2.65 bits per heavy atom. The summed E-state index contributed by atoms with van der Waals surface area (Å²) in [5, 5.41) is 9.09. The van der Waals surface area contributed by atoms with Gasteiger partial charge in [-0.25, -0.2) is 0 Å². The first-order valence-corrected chi connectivity index (χ1v) is 7.28. The number of nitrogens with zero attached hydrogens (tertiary/aromatic N) is 1. The molecule has 0 spiro atoms. The summed E-state index contributed by atoms with van der Waals surface area (Å²) >= 11 is 0. The summed E-state index contributed by atoms with van der Waals surface area (Å²) in [4.78, 5) is 13.8. The average molecular weight is 273 g/mol. The van der Waals surface area contributed by atoms with Gasteiger partial charge in [0.25, 0.3) is 0 Å². The minimum Gasteiger partial charge on any atom is -0.396 e. The van der Waals surface area contributed by atoms with Gasteiger partial charge in [0.1, 0.15) is 0 Å². The molecule has 1 atom stereocenters. The molecular formula is C17H23NO2. The van der Waals surface area contributed by atoms with E-state index >= 15 is 0 Å². The van der Waals surface area contributed by atoms with Gasteiger partial charge in [0.05, 0.1) is 0 Å². The molecule has 1 aliphatic heterocycles. The van der Waals surface area contributed by atoms with E-state index in [4.69, 9.17) is 5.11 Å². The lowest BCUT2D eigenvalue weighted by Gasteiger charge is -2.13. The quantitative estimate of drug-likeness (QED) is 0.857. The van der Waals surface area contributed by atoms with Gasteiger partial charge in [-0.1, -0.05) is 38.1 Å². The van der Waals surface area contributed by atoms with Crippen LogP contribution in [0.5, 0.6) is 0 Å². The average Bonchev–Trinajstić information content (AvgIpc) is 2.94. The van der Waals surface area contributed by atoms with Crippen LogP contribution in [0.3, 0.4) is 0 Å². The molecule has 1 unspecified atom stereocenters. The smallest absolute Gasteiger partial charge is 0.246 e. The maximum Gasteiger partial charge on any atom is 0.246 e. The molecule has 3 nitrogen and oxygen atoms in total. The Morgan fingerprint density at radius 1 is 1.40 bits per heavy atom. The highest BCUT2D eigenvalue weighted by Crippen LogP contribution is 2.17. The fourth-order valence-corrected chi connectivity index (χ4v) is 2.45. The summed E-state index contributed by atoms with van der Waals surface area (Å²) < 4.78 is 0. The SMILES string of the molecule is CC(C)c1ccc(C=CC(=O)N2CCC(CO)C2)cc1. The molecule has 2 rings (SSSR count). The zero-order chi connectivity index (χ0) is 14.5. The predicted octanol–water partition coefficient (Wildman–Crippen LogP) is 2.66. The molecule has 0 radical (unpaired) electrons. The van der Waals surface area contributed by atoms with Crippen LogP contribution in [0.15, 0.2) is 30.3 Å². The van der Waals surface area contributed by atoms with Crippen LogP contribution in [-0.2, 0) is 4.79 Å². The number of carbonyl (C=O) groups excluding carboxylic acids is 1. The molecule has 3 heteroatoms. The van der Waals surface area contributed by atoms with Crippen LogP contribution in [0, 0.1) is 5.92 Å². The third-order valence-electron chi connectivity index (χ3n) is 3.88. The molecule has 108 valence electrons. The van der Waals surface area contributed by atoms with E-state index in [9.17, 15) is 4.79 Å². The number of carbonyl (C=O) groups is 1. The normalized spacial score (nSPS) is 19.2. The van der Waals surface area contributed by atoms with Crippen molar-refractivity contribution in [2.75, 3.05) is 19.7 Å². The van der Waals surface area contributed by atoms with Crippen molar-refractivity contribution in [3.63, 3.8) is 0 Å². The number of aliphatic hydroxyl groups is 1. The fraction of sp³-hybridized carbons (Fsp3) is 0.471. The van der Waals surface area contributed by atoms with Crippen LogP contribution in [-0.4, -0.2) is 35.6 Å². The van der Waals surface area contributed by atoms with Crippen molar-refractivity contribution in [1.82, 2.24) is 4.90 Å². The Balaban J connectivity index is 1.93. The molecule has 1 aliphatic rings. The molecule has 1 aromatic rings. The summed E-state index contributed by atoms with van der Waals surface area (Å²) in [6.07, 6.45) is 4.39. The van der Waals surface area contributed by atoms with E-state index in [0.29, 0.717) is 12.5 Å². The molecule has 0 bridgehead atoms. The van der Waals surface area contributed by atoms with Gasteiger partial charge in [0, 0.05) is 31.7 Å². The monoisotopic (exact) mass is 273 g/mol. The van der Waals surface area contributed by atoms with Crippen LogP contribution in [0.1, 0.15) is 37.3 Å². The van der Waals surface area contributed by atoms with Gasteiger partial charge in [-0.3, -0.25) is 4.79 Å². The van der Waals surface area contributed by atoms with Crippen LogP contribution in [0.2, 0.25) is 0 Å².